The zero-order chi connectivity index (χ0) is 8.10. The number of nitrogens with one attached hydrogen (secondary N) is 1. The molecule has 0 aliphatic rings. The number of hydrogen-bond acceptors (Lipinski definition) is 2. The molecule has 0 aromatic heterocycles. The Kier molecular flexibility index (Phi) is 5.48. The van der Waals surface area contributed by atoms with Gasteiger partial charge in [0.15, 0.2) is 0 Å². The van der Waals surface area contributed by atoms with Crippen molar-refractivity contribution in [3.05, 3.63) is 42.8 Å². The van der Waals surface area contributed by atoms with Crippen molar-refractivity contribution < 1.29 is 25.8 Å². The van der Waals surface area contributed by atoms with Gasteiger partial charge in [0.2, 0.25) is 6.61 Å². The zero-order valence-corrected chi connectivity index (χ0v) is 9.47. The van der Waals surface area contributed by atoms with Gasteiger partial charge in [-0.05, 0) is 0 Å². The second-order valence-electron chi connectivity index (χ2n) is 1.95. The van der Waals surface area contributed by atoms with Crippen LogP contribution >= 0.6 is 0 Å². The summed E-state index contributed by atoms with van der Waals surface area (Å²) in [6, 6.07) is 10.1. The van der Waals surface area contributed by atoms with Crippen LogP contribution in [0.15, 0.2) is 24.3 Å². The molecule has 1 aromatic rings. The molecule has 0 spiro atoms. The molecule has 2 nitrogen and oxygen atoms in total. The number of ether oxygens (including phenoxy) is 1. The van der Waals surface area contributed by atoms with Crippen LogP contribution < -0.4 is 0 Å². The largest absolute Gasteiger partial charge is 0.482 e. The van der Waals surface area contributed by atoms with E-state index in [-0.39, 0.29) is 33.6 Å². The molecule has 0 amide bonds. The maximum absolute atomic E-state index is 7.34. The molecule has 0 heterocycles. The van der Waals surface area contributed by atoms with Gasteiger partial charge in [0.25, 0.3) is 0 Å². The maximum atomic E-state index is 7.34. The first-order valence-corrected chi connectivity index (χ1v) is 3.32. The van der Waals surface area contributed by atoms with Crippen molar-refractivity contribution >= 4 is 5.90 Å². The second kappa shape index (κ2) is 5.84. The van der Waals surface area contributed by atoms with E-state index in [1.165, 1.54) is 0 Å². The summed E-state index contributed by atoms with van der Waals surface area (Å²) in [7, 11) is 0. The monoisotopic (exact) mass is 331 g/mol. The van der Waals surface area contributed by atoms with E-state index in [0.717, 1.165) is 0 Å². The van der Waals surface area contributed by atoms with Gasteiger partial charge in [-0.1, -0.05) is 5.56 Å². The predicted molar refractivity (Wildman–Crippen MR) is 43.4 cm³/mol. The smallest absolute Gasteiger partial charge is 0.215 e. The molecule has 62 valence electrons. The van der Waals surface area contributed by atoms with Crippen LogP contribution in [-0.2, 0) is 25.8 Å². The Bertz CT molecular complexity index is 236. The van der Waals surface area contributed by atoms with Crippen molar-refractivity contribution in [1.82, 2.24) is 0 Å². The van der Waals surface area contributed by atoms with Gasteiger partial charge in [-0.25, -0.2) is 0 Å². The van der Waals surface area contributed by atoms with Crippen molar-refractivity contribution in [1.29, 1.82) is 5.41 Å². The fourth-order valence-corrected chi connectivity index (χ4v) is 0.714. The second-order valence-corrected chi connectivity index (χ2v) is 1.95. The Morgan fingerprint density at radius 3 is 2.83 bits per heavy atom. The average Bonchev–Trinajstić information content (AvgIpc) is 2.07. The summed E-state index contributed by atoms with van der Waals surface area (Å²) in [6.07, 6.45) is 0. The minimum absolute atomic E-state index is 0. The van der Waals surface area contributed by atoms with Crippen LogP contribution in [0.4, 0.5) is 0 Å². The summed E-state index contributed by atoms with van der Waals surface area (Å²) in [6.45, 7) is 3.75. The summed E-state index contributed by atoms with van der Waals surface area (Å²) in [5.74, 6) is 0.126. The Morgan fingerprint density at radius 1 is 1.58 bits per heavy atom. The van der Waals surface area contributed by atoms with E-state index in [1.807, 2.05) is 12.1 Å². The summed E-state index contributed by atoms with van der Waals surface area (Å²) in [4.78, 5) is 0. The molecule has 0 aliphatic carbocycles. The number of benzene rings is 1. The van der Waals surface area contributed by atoms with Crippen molar-refractivity contribution in [2.45, 2.75) is 0 Å². The normalized spacial score (nSPS) is 8.33. The fraction of sp³-hybridized carbons (Fsp3) is 0.111. The predicted octanol–water partition coefficient (Wildman–Crippen LogP) is 1.66. The standard InChI is InChI=1S/C9H9NO.W/c1-2-11-9(10)8-6-4-3-5-7-8;/h3-6,10H,1-2H2;. The quantitative estimate of drug-likeness (QED) is 0.499. The molecular formula is C9H9NOW. The van der Waals surface area contributed by atoms with Gasteiger partial charge in [0.05, 0.1) is 0 Å². The summed E-state index contributed by atoms with van der Waals surface area (Å²) >= 11 is 0. The minimum atomic E-state index is 0. The molecule has 12 heavy (non-hydrogen) atoms. The van der Waals surface area contributed by atoms with Crippen LogP contribution in [0.1, 0.15) is 5.56 Å². The van der Waals surface area contributed by atoms with E-state index in [1.54, 1.807) is 12.1 Å². The molecule has 1 N–H and O–H groups in total. The molecule has 0 radical (unpaired) electrons. The van der Waals surface area contributed by atoms with Crippen LogP contribution in [0.5, 0.6) is 0 Å². The van der Waals surface area contributed by atoms with Gasteiger partial charge in [-0.15, -0.1) is 30.3 Å². The van der Waals surface area contributed by atoms with Crippen molar-refractivity contribution in [2.24, 2.45) is 0 Å². The van der Waals surface area contributed by atoms with Gasteiger partial charge < -0.3 is 10.1 Å². The van der Waals surface area contributed by atoms with Gasteiger partial charge in [0, 0.05) is 21.1 Å². The van der Waals surface area contributed by atoms with Gasteiger partial charge in [0.1, 0.15) is 12.8 Å². The van der Waals surface area contributed by atoms with Crippen LogP contribution in [0.2, 0.25) is 0 Å². The van der Waals surface area contributed by atoms with E-state index in [0.29, 0.717) is 5.56 Å². The van der Waals surface area contributed by atoms with E-state index in [4.69, 9.17) is 10.1 Å². The molecular weight excluding hydrogens is 322 g/mol. The third-order valence-electron chi connectivity index (χ3n) is 1.20. The molecule has 0 saturated heterocycles. The fourth-order valence-electron chi connectivity index (χ4n) is 0.714. The molecule has 0 fully saturated rings. The van der Waals surface area contributed by atoms with E-state index in [2.05, 4.69) is 13.0 Å². The van der Waals surface area contributed by atoms with Crippen molar-refractivity contribution in [3.63, 3.8) is 0 Å². The molecule has 1 rings (SSSR count). The van der Waals surface area contributed by atoms with Gasteiger partial charge in [-0.2, -0.15) is 0 Å². The first kappa shape index (κ1) is 11.2. The maximum Gasteiger partial charge on any atom is 0.215 e. The first-order chi connectivity index (χ1) is 5.34. The third kappa shape index (κ3) is 3.10. The minimum Gasteiger partial charge on any atom is -0.482 e. The average molecular weight is 331 g/mol. The Balaban J connectivity index is 0.00000121. The van der Waals surface area contributed by atoms with Gasteiger partial charge in [-0.3, -0.25) is 0 Å². The number of hydrogen-bond donors (Lipinski definition) is 1. The molecule has 0 bridgehead atoms. The molecule has 0 atom stereocenters. The molecule has 0 unspecified atom stereocenters. The molecule has 1 aromatic carbocycles. The Hall–Kier alpha value is -0.752. The van der Waals surface area contributed by atoms with Crippen LogP contribution in [-0.4, -0.2) is 12.5 Å². The summed E-state index contributed by atoms with van der Waals surface area (Å²) < 4.78 is 4.87. The SMILES string of the molecule is [CH2+]COC(=N)c1[c-]cccc1.[W]. The molecule has 0 aliphatic heterocycles. The van der Waals surface area contributed by atoms with Crippen molar-refractivity contribution in [3.8, 4) is 0 Å². The van der Waals surface area contributed by atoms with Crippen LogP contribution in [0.25, 0.3) is 0 Å². The first-order valence-electron chi connectivity index (χ1n) is 3.32. The summed E-state index contributed by atoms with van der Waals surface area (Å²) in [5.41, 5.74) is 0.663. The van der Waals surface area contributed by atoms with Gasteiger partial charge >= 0.3 is 0 Å². The Labute approximate surface area is 86.7 Å². The number of rotatable bonds is 2. The molecule has 0 saturated carbocycles. The third-order valence-corrected chi connectivity index (χ3v) is 1.20. The van der Waals surface area contributed by atoms with E-state index in [9.17, 15) is 0 Å². The van der Waals surface area contributed by atoms with Crippen LogP contribution in [0, 0.1) is 18.4 Å². The summed E-state index contributed by atoms with van der Waals surface area (Å²) in [5, 5.41) is 7.34. The van der Waals surface area contributed by atoms with E-state index < -0.39 is 0 Å². The van der Waals surface area contributed by atoms with Crippen LogP contribution in [0.3, 0.4) is 0 Å². The molecule has 3 heteroatoms. The Morgan fingerprint density at radius 2 is 2.33 bits per heavy atom. The topological polar surface area (TPSA) is 33.1 Å². The zero-order valence-electron chi connectivity index (χ0n) is 6.54. The van der Waals surface area contributed by atoms with Crippen molar-refractivity contribution in [2.75, 3.05) is 6.61 Å². The van der Waals surface area contributed by atoms with E-state index >= 15 is 0 Å².